The summed E-state index contributed by atoms with van der Waals surface area (Å²) < 4.78 is 7.01. The number of rotatable bonds is 4. The molecule has 1 aromatic heterocycles. The third-order valence-corrected chi connectivity index (χ3v) is 5.52. The Labute approximate surface area is 160 Å². The van der Waals surface area contributed by atoms with Crippen molar-refractivity contribution in [1.29, 1.82) is 0 Å². The number of ether oxygens (including phenoxy) is 1. The van der Waals surface area contributed by atoms with Gasteiger partial charge >= 0.3 is 0 Å². The summed E-state index contributed by atoms with van der Waals surface area (Å²) in [6.07, 6.45) is 0. The van der Waals surface area contributed by atoms with Gasteiger partial charge in [0.15, 0.2) is 5.13 Å². The molecule has 0 unspecified atom stereocenters. The Morgan fingerprint density at radius 3 is 2.83 bits per heavy atom. The summed E-state index contributed by atoms with van der Waals surface area (Å²) in [7, 11) is 0. The number of aromatic nitrogens is 1. The highest BCUT2D eigenvalue weighted by Crippen LogP contribution is 2.35. The van der Waals surface area contributed by atoms with Crippen molar-refractivity contribution in [3.05, 3.63) is 50.4 Å². The van der Waals surface area contributed by atoms with Crippen LogP contribution in [0.25, 0.3) is 10.2 Å². The molecule has 1 N–H and O–H groups in total. The lowest BCUT2D eigenvalue weighted by molar-refractivity contribution is 0.102. The van der Waals surface area contributed by atoms with Gasteiger partial charge in [-0.3, -0.25) is 10.1 Å². The van der Waals surface area contributed by atoms with Crippen molar-refractivity contribution in [3.63, 3.8) is 0 Å². The van der Waals surface area contributed by atoms with E-state index in [2.05, 4.69) is 26.2 Å². The minimum Gasteiger partial charge on any atom is -0.493 e. The molecule has 0 atom stereocenters. The van der Waals surface area contributed by atoms with Crippen LogP contribution < -0.4 is 10.1 Å². The van der Waals surface area contributed by atoms with Crippen molar-refractivity contribution >= 4 is 71.7 Å². The number of hydrogen-bond donors (Lipinski definition) is 1. The lowest BCUT2D eigenvalue weighted by atomic mass is 10.2. The van der Waals surface area contributed by atoms with Crippen LogP contribution in [-0.4, -0.2) is 17.5 Å². The number of carbonyl (C=O) groups is 1. The van der Waals surface area contributed by atoms with E-state index in [1.807, 2.05) is 13.0 Å². The van der Waals surface area contributed by atoms with Gasteiger partial charge in [-0.15, -0.1) is 0 Å². The molecule has 0 bridgehead atoms. The molecule has 1 heterocycles. The maximum absolute atomic E-state index is 12.4. The molecule has 0 saturated carbocycles. The van der Waals surface area contributed by atoms with Crippen molar-refractivity contribution in [2.24, 2.45) is 0 Å². The summed E-state index contributed by atoms with van der Waals surface area (Å²) in [5, 5.41) is 4.06. The maximum Gasteiger partial charge on any atom is 0.257 e. The van der Waals surface area contributed by atoms with Gasteiger partial charge < -0.3 is 4.74 Å². The van der Waals surface area contributed by atoms with Gasteiger partial charge in [0.2, 0.25) is 0 Å². The van der Waals surface area contributed by atoms with Crippen LogP contribution in [0.5, 0.6) is 5.75 Å². The Morgan fingerprint density at radius 2 is 2.12 bits per heavy atom. The van der Waals surface area contributed by atoms with E-state index in [-0.39, 0.29) is 5.91 Å². The van der Waals surface area contributed by atoms with Gasteiger partial charge in [-0.05, 0) is 53.2 Å². The molecular formula is C16H11BrCl2N2O2S. The zero-order valence-electron chi connectivity index (χ0n) is 12.4. The summed E-state index contributed by atoms with van der Waals surface area (Å²) in [4.78, 5) is 16.7. The predicted octanol–water partition coefficient (Wildman–Crippen LogP) is 6.02. The van der Waals surface area contributed by atoms with E-state index in [1.54, 1.807) is 24.3 Å². The molecule has 3 rings (SSSR count). The highest BCUT2D eigenvalue weighted by Gasteiger charge is 2.14. The molecule has 4 nitrogen and oxygen atoms in total. The Hall–Kier alpha value is -1.34. The molecule has 124 valence electrons. The van der Waals surface area contributed by atoms with Crippen molar-refractivity contribution in [3.8, 4) is 5.75 Å². The molecule has 0 aliphatic carbocycles. The molecule has 0 radical (unpaired) electrons. The first-order chi connectivity index (χ1) is 11.5. The molecular weight excluding hydrogens is 435 g/mol. The third kappa shape index (κ3) is 3.52. The minimum atomic E-state index is -0.264. The quantitative estimate of drug-likeness (QED) is 0.534. The normalized spacial score (nSPS) is 10.8. The van der Waals surface area contributed by atoms with E-state index < -0.39 is 0 Å². The average Bonchev–Trinajstić information content (AvgIpc) is 2.96. The van der Waals surface area contributed by atoms with Gasteiger partial charge in [0.05, 0.1) is 25.8 Å². The number of hydrogen-bond acceptors (Lipinski definition) is 4. The van der Waals surface area contributed by atoms with Crippen LogP contribution in [0.4, 0.5) is 5.13 Å². The second kappa shape index (κ2) is 7.27. The first-order valence-electron chi connectivity index (χ1n) is 6.98. The largest absolute Gasteiger partial charge is 0.493 e. The van der Waals surface area contributed by atoms with Gasteiger partial charge in [0.1, 0.15) is 11.3 Å². The summed E-state index contributed by atoms with van der Waals surface area (Å²) in [6.45, 7) is 2.46. The fraction of sp³-hybridized carbons (Fsp3) is 0.125. The van der Waals surface area contributed by atoms with Gasteiger partial charge in [0.25, 0.3) is 5.91 Å². The SMILES string of the molecule is CCOc1ccc(C(=O)Nc2nc3c(Cl)c(Cl)ccc3s2)cc1Br. The smallest absolute Gasteiger partial charge is 0.257 e. The molecule has 24 heavy (non-hydrogen) atoms. The number of halogens is 3. The van der Waals surface area contributed by atoms with Crippen molar-refractivity contribution < 1.29 is 9.53 Å². The molecule has 1 amide bonds. The number of benzene rings is 2. The summed E-state index contributed by atoms with van der Waals surface area (Å²) in [5.41, 5.74) is 1.08. The van der Waals surface area contributed by atoms with Crippen molar-refractivity contribution in [2.45, 2.75) is 6.92 Å². The number of amides is 1. The second-order valence-corrected chi connectivity index (χ2v) is 7.43. The van der Waals surface area contributed by atoms with Crippen LogP contribution in [0, 0.1) is 0 Å². The fourth-order valence-corrected chi connectivity index (χ4v) is 3.85. The minimum absolute atomic E-state index is 0.264. The average molecular weight is 446 g/mol. The van der Waals surface area contributed by atoms with Gasteiger partial charge in [-0.25, -0.2) is 4.98 Å². The zero-order chi connectivity index (χ0) is 17.3. The Kier molecular flexibility index (Phi) is 5.30. The van der Waals surface area contributed by atoms with E-state index in [1.165, 1.54) is 11.3 Å². The van der Waals surface area contributed by atoms with Crippen molar-refractivity contribution in [2.75, 3.05) is 11.9 Å². The van der Waals surface area contributed by atoms with E-state index in [0.717, 1.165) is 9.17 Å². The van der Waals surface area contributed by atoms with Gasteiger partial charge in [-0.1, -0.05) is 34.5 Å². The number of fused-ring (bicyclic) bond motifs is 1. The molecule has 8 heteroatoms. The number of thiazole rings is 1. The lowest BCUT2D eigenvalue weighted by Gasteiger charge is -2.07. The number of nitrogens with one attached hydrogen (secondary N) is 1. The van der Waals surface area contributed by atoms with Gasteiger partial charge in [0, 0.05) is 5.56 Å². The number of anilines is 1. The molecule has 0 aliphatic heterocycles. The maximum atomic E-state index is 12.4. The summed E-state index contributed by atoms with van der Waals surface area (Å²) >= 11 is 16.9. The van der Waals surface area contributed by atoms with E-state index in [0.29, 0.717) is 38.6 Å². The third-order valence-electron chi connectivity index (χ3n) is 3.17. The molecule has 2 aromatic carbocycles. The topological polar surface area (TPSA) is 51.2 Å². The Balaban J connectivity index is 1.84. The Morgan fingerprint density at radius 1 is 1.33 bits per heavy atom. The monoisotopic (exact) mass is 444 g/mol. The van der Waals surface area contributed by atoms with Crippen LogP contribution >= 0.6 is 50.5 Å². The highest BCUT2D eigenvalue weighted by molar-refractivity contribution is 9.10. The van der Waals surface area contributed by atoms with Crippen LogP contribution in [0.3, 0.4) is 0 Å². The van der Waals surface area contributed by atoms with Crippen LogP contribution in [0.15, 0.2) is 34.8 Å². The second-order valence-electron chi connectivity index (χ2n) is 4.76. The zero-order valence-corrected chi connectivity index (χ0v) is 16.3. The standard InChI is InChI=1S/C16H11BrCl2N2O2S/c1-2-23-11-5-3-8(7-9(11)17)15(22)21-16-20-14-12(24-16)6-4-10(18)13(14)19/h3-7H,2H2,1H3,(H,20,21,22). The predicted molar refractivity (Wildman–Crippen MR) is 103 cm³/mol. The molecule has 0 aliphatic rings. The Bertz CT molecular complexity index is 930. The molecule has 0 saturated heterocycles. The van der Waals surface area contributed by atoms with Gasteiger partial charge in [-0.2, -0.15) is 0 Å². The first kappa shape index (κ1) is 17.5. The van der Waals surface area contributed by atoms with E-state index in [9.17, 15) is 4.79 Å². The van der Waals surface area contributed by atoms with Crippen LogP contribution in [-0.2, 0) is 0 Å². The van der Waals surface area contributed by atoms with E-state index >= 15 is 0 Å². The van der Waals surface area contributed by atoms with Crippen molar-refractivity contribution in [1.82, 2.24) is 4.98 Å². The van der Waals surface area contributed by atoms with Crippen LogP contribution in [0.2, 0.25) is 10.0 Å². The molecule has 0 spiro atoms. The summed E-state index contributed by atoms with van der Waals surface area (Å²) in [6, 6.07) is 8.68. The number of nitrogens with zero attached hydrogens (tertiary/aromatic N) is 1. The lowest BCUT2D eigenvalue weighted by Crippen LogP contribution is -2.11. The van der Waals surface area contributed by atoms with Crippen LogP contribution in [0.1, 0.15) is 17.3 Å². The molecule has 3 aromatic rings. The first-order valence-corrected chi connectivity index (χ1v) is 9.34. The fourth-order valence-electron chi connectivity index (χ4n) is 2.07. The number of carbonyl (C=O) groups excluding carboxylic acids is 1. The molecule has 0 fully saturated rings. The highest BCUT2D eigenvalue weighted by atomic mass is 79.9. The van der Waals surface area contributed by atoms with E-state index in [4.69, 9.17) is 27.9 Å². The summed E-state index contributed by atoms with van der Waals surface area (Å²) in [5.74, 6) is 0.426.